The van der Waals surface area contributed by atoms with Gasteiger partial charge in [-0.1, -0.05) is 32.0 Å². The van der Waals surface area contributed by atoms with Gasteiger partial charge in [-0.2, -0.15) is 0 Å². The molecule has 1 aliphatic heterocycles. The predicted molar refractivity (Wildman–Crippen MR) is 109 cm³/mol. The number of benzene rings is 2. The fraction of sp³-hybridized carbons (Fsp3) is 0.409. The summed E-state index contributed by atoms with van der Waals surface area (Å²) >= 11 is 0. The van der Waals surface area contributed by atoms with Crippen molar-refractivity contribution in [2.75, 3.05) is 23.8 Å². The molecular formula is C22H28N2O3. The average molecular weight is 368 g/mol. The molecule has 144 valence electrons. The van der Waals surface area contributed by atoms with Gasteiger partial charge in [0, 0.05) is 23.9 Å². The Morgan fingerprint density at radius 2 is 1.81 bits per heavy atom. The molecule has 1 amide bonds. The number of nitrogens with one attached hydrogen (secondary N) is 2. The third-order valence-electron chi connectivity index (χ3n) is 4.89. The zero-order valence-corrected chi connectivity index (χ0v) is 16.2. The molecule has 0 aromatic heterocycles. The van der Waals surface area contributed by atoms with Gasteiger partial charge in [0.1, 0.15) is 6.04 Å². The number of rotatable bonds is 6. The molecule has 0 unspecified atom stereocenters. The monoisotopic (exact) mass is 368 g/mol. The molecule has 5 heteroatoms. The number of hydrogen-bond acceptors (Lipinski definition) is 4. The predicted octanol–water partition coefficient (Wildman–Crippen LogP) is 4.80. The average Bonchev–Trinajstić information content (AvgIpc) is 2.92. The number of para-hydroxylation sites is 1. The summed E-state index contributed by atoms with van der Waals surface area (Å²) in [6.07, 6.45) is 1.89. The highest BCUT2D eigenvalue weighted by molar-refractivity contribution is 5.97. The van der Waals surface area contributed by atoms with Crippen molar-refractivity contribution < 1.29 is 14.3 Å². The highest BCUT2D eigenvalue weighted by atomic mass is 16.5. The molecule has 3 rings (SSSR count). The number of carbonyl (C=O) groups is 1. The Hall–Kier alpha value is -2.69. The summed E-state index contributed by atoms with van der Waals surface area (Å²) in [6, 6.07) is 13.3. The molecule has 0 bridgehead atoms. The van der Waals surface area contributed by atoms with Gasteiger partial charge in [0.05, 0.1) is 13.2 Å². The van der Waals surface area contributed by atoms with Crippen LogP contribution < -0.4 is 20.1 Å². The Morgan fingerprint density at radius 3 is 2.59 bits per heavy atom. The number of fused-ring (bicyclic) bond motifs is 1. The van der Waals surface area contributed by atoms with Crippen LogP contribution in [0.3, 0.4) is 0 Å². The smallest absolute Gasteiger partial charge is 0.246 e. The Kier molecular flexibility index (Phi) is 6.22. The molecule has 0 fully saturated rings. The number of carbonyl (C=O) groups excluding carboxylic acids is 1. The van der Waals surface area contributed by atoms with Crippen molar-refractivity contribution in [2.45, 2.75) is 45.6 Å². The van der Waals surface area contributed by atoms with Gasteiger partial charge >= 0.3 is 0 Å². The Bertz CT molecular complexity index is 791. The van der Waals surface area contributed by atoms with E-state index in [-0.39, 0.29) is 11.9 Å². The molecule has 2 aromatic carbocycles. The van der Waals surface area contributed by atoms with Gasteiger partial charge in [-0.3, -0.25) is 4.79 Å². The van der Waals surface area contributed by atoms with Gasteiger partial charge < -0.3 is 20.1 Å². The van der Waals surface area contributed by atoms with Crippen molar-refractivity contribution in [2.24, 2.45) is 0 Å². The molecule has 0 spiro atoms. The van der Waals surface area contributed by atoms with Crippen LogP contribution in [0.5, 0.6) is 11.5 Å². The van der Waals surface area contributed by atoms with Crippen molar-refractivity contribution in [3.63, 3.8) is 0 Å². The third-order valence-corrected chi connectivity index (χ3v) is 4.89. The Balaban J connectivity index is 1.67. The largest absolute Gasteiger partial charge is 0.490 e. The van der Waals surface area contributed by atoms with Crippen LogP contribution in [0.4, 0.5) is 11.4 Å². The van der Waals surface area contributed by atoms with Crippen LogP contribution in [0.1, 0.15) is 45.1 Å². The third kappa shape index (κ3) is 4.73. The first-order valence-corrected chi connectivity index (χ1v) is 9.64. The lowest BCUT2D eigenvalue weighted by Crippen LogP contribution is -2.32. The summed E-state index contributed by atoms with van der Waals surface area (Å²) < 4.78 is 11.4. The van der Waals surface area contributed by atoms with Crippen molar-refractivity contribution in [1.29, 1.82) is 0 Å². The van der Waals surface area contributed by atoms with E-state index < -0.39 is 0 Å². The minimum atomic E-state index is -0.389. The van der Waals surface area contributed by atoms with Gasteiger partial charge in [-0.15, -0.1) is 0 Å². The van der Waals surface area contributed by atoms with Crippen molar-refractivity contribution >= 4 is 17.3 Å². The summed E-state index contributed by atoms with van der Waals surface area (Å²) in [5.74, 6) is 1.79. The molecule has 0 saturated carbocycles. The van der Waals surface area contributed by atoms with Crippen molar-refractivity contribution in [3.05, 3.63) is 48.0 Å². The minimum absolute atomic E-state index is 0.0714. The van der Waals surface area contributed by atoms with E-state index in [0.29, 0.717) is 24.9 Å². The fourth-order valence-corrected chi connectivity index (χ4v) is 3.07. The molecule has 2 N–H and O–H groups in total. The second-order valence-corrected chi connectivity index (χ2v) is 6.96. The first-order valence-electron chi connectivity index (χ1n) is 9.64. The van der Waals surface area contributed by atoms with Crippen LogP contribution in [0.25, 0.3) is 0 Å². The lowest BCUT2D eigenvalue weighted by Gasteiger charge is -2.19. The zero-order valence-electron chi connectivity index (χ0n) is 16.2. The van der Waals surface area contributed by atoms with Gasteiger partial charge in [0.2, 0.25) is 5.91 Å². The molecular weight excluding hydrogens is 340 g/mol. The molecule has 2 aromatic rings. The molecule has 0 radical (unpaired) electrons. The van der Waals surface area contributed by atoms with E-state index in [1.54, 1.807) is 0 Å². The van der Waals surface area contributed by atoms with Crippen LogP contribution in [0.15, 0.2) is 42.5 Å². The van der Waals surface area contributed by atoms with E-state index in [1.165, 1.54) is 0 Å². The molecule has 0 saturated heterocycles. The first-order chi connectivity index (χ1) is 13.1. The van der Waals surface area contributed by atoms with Gasteiger partial charge in [0.15, 0.2) is 11.5 Å². The highest BCUT2D eigenvalue weighted by Gasteiger charge is 2.17. The van der Waals surface area contributed by atoms with Crippen LogP contribution in [0.2, 0.25) is 0 Å². The summed E-state index contributed by atoms with van der Waals surface area (Å²) in [6.45, 7) is 7.47. The highest BCUT2D eigenvalue weighted by Crippen LogP contribution is 2.32. The summed E-state index contributed by atoms with van der Waals surface area (Å²) in [4.78, 5) is 12.7. The maximum atomic E-state index is 12.7. The Labute approximate surface area is 161 Å². The lowest BCUT2D eigenvalue weighted by atomic mass is 9.97. The van der Waals surface area contributed by atoms with Crippen molar-refractivity contribution in [3.8, 4) is 11.5 Å². The van der Waals surface area contributed by atoms with E-state index in [9.17, 15) is 4.79 Å². The minimum Gasteiger partial charge on any atom is -0.490 e. The van der Waals surface area contributed by atoms with Gasteiger partial charge in [-0.05, 0) is 43.0 Å². The molecule has 1 aliphatic rings. The van der Waals surface area contributed by atoms with Crippen LogP contribution in [-0.2, 0) is 4.79 Å². The second kappa shape index (κ2) is 8.80. The molecule has 0 aliphatic carbocycles. The summed E-state index contributed by atoms with van der Waals surface area (Å²) in [5.41, 5.74) is 2.87. The summed E-state index contributed by atoms with van der Waals surface area (Å²) in [5, 5.41) is 6.31. The zero-order chi connectivity index (χ0) is 19.2. The van der Waals surface area contributed by atoms with E-state index in [2.05, 4.69) is 30.5 Å². The lowest BCUT2D eigenvalue weighted by molar-refractivity contribution is -0.116. The molecule has 5 nitrogen and oxygen atoms in total. The Morgan fingerprint density at radius 1 is 1.07 bits per heavy atom. The van der Waals surface area contributed by atoms with Gasteiger partial charge in [-0.25, -0.2) is 0 Å². The van der Waals surface area contributed by atoms with Gasteiger partial charge in [0.25, 0.3) is 0 Å². The van der Waals surface area contributed by atoms with Crippen LogP contribution in [0, 0.1) is 0 Å². The fourth-order valence-electron chi connectivity index (χ4n) is 3.07. The number of amides is 1. The maximum Gasteiger partial charge on any atom is 0.246 e. The normalized spacial score (nSPS) is 15.4. The van der Waals surface area contributed by atoms with E-state index in [1.807, 2.05) is 43.3 Å². The topological polar surface area (TPSA) is 59.6 Å². The van der Waals surface area contributed by atoms with Crippen molar-refractivity contribution in [1.82, 2.24) is 0 Å². The maximum absolute atomic E-state index is 12.7. The van der Waals surface area contributed by atoms with Crippen LogP contribution >= 0.6 is 0 Å². The number of anilines is 2. The van der Waals surface area contributed by atoms with E-state index >= 15 is 0 Å². The van der Waals surface area contributed by atoms with Crippen LogP contribution in [-0.4, -0.2) is 25.2 Å². The number of ether oxygens (including phenoxy) is 2. The molecule has 2 atom stereocenters. The SMILES string of the molecule is CC[C@@H](C)c1ccccc1NC(=O)[C@@H](C)Nc1ccc2c(c1)OCCCO2. The first kappa shape index (κ1) is 19.1. The molecule has 27 heavy (non-hydrogen) atoms. The quantitative estimate of drug-likeness (QED) is 0.769. The van der Waals surface area contributed by atoms with E-state index in [0.717, 1.165) is 35.5 Å². The van der Waals surface area contributed by atoms with E-state index in [4.69, 9.17) is 9.47 Å². The second-order valence-electron chi connectivity index (χ2n) is 6.96. The number of hydrogen-bond donors (Lipinski definition) is 2. The summed E-state index contributed by atoms with van der Waals surface area (Å²) in [7, 11) is 0. The standard InChI is InChI=1S/C22H28N2O3/c1-4-15(2)18-8-5-6-9-19(18)24-22(25)16(3)23-17-10-11-20-21(14-17)27-13-7-12-26-20/h5-6,8-11,14-16,23H,4,7,12-13H2,1-3H3,(H,24,25)/t15-,16-/m1/s1. The molecule has 1 heterocycles.